The predicted molar refractivity (Wildman–Crippen MR) is 148 cm³/mol. The maximum Gasteiger partial charge on any atom is 0.394 e. The SMILES string of the molecule is Cc1c2c(c(C(C)C)c3ccccc13)Oc1cc3cccc(CC(C)(C)C(F)(F)F)c3c3cc[n+](C)c-2c13. The van der Waals surface area contributed by atoms with E-state index in [1.54, 1.807) is 0 Å². The number of pyridine rings is 1. The number of rotatable bonds is 3. The van der Waals surface area contributed by atoms with E-state index >= 15 is 0 Å². The van der Waals surface area contributed by atoms with E-state index in [-0.39, 0.29) is 12.3 Å². The van der Waals surface area contributed by atoms with Gasteiger partial charge in [-0.25, -0.2) is 4.57 Å². The number of fused-ring (bicyclic) bond motifs is 5. The number of aryl methyl sites for hydroxylation is 2. The lowest BCUT2D eigenvalue weighted by Crippen LogP contribution is -2.34. The molecule has 0 amide bonds. The lowest BCUT2D eigenvalue weighted by molar-refractivity contribution is -0.659. The minimum Gasteiger partial charge on any atom is -0.455 e. The third kappa shape index (κ3) is 3.44. The first-order chi connectivity index (χ1) is 17.9. The van der Waals surface area contributed by atoms with Gasteiger partial charge < -0.3 is 4.74 Å². The normalized spacial score (nSPS) is 13.4. The zero-order valence-electron chi connectivity index (χ0n) is 22.5. The molecule has 0 aliphatic carbocycles. The van der Waals surface area contributed by atoms with Crippen molar-refractivity contribution in [3.63, 3.8) is 0 Å². The molecule has 5 heteroatoms. The maximum atomic E-state index is 13.9. The minimum atomic E-state index is -4.30. The van der Waals surface area contributed by atoms with Crippen LogP contribution < -0.4 is 9.30 Å². The van der Waals surface area contributed by atoms with Crippen LogP contribution in [0.1, 0.15) is 50.3 Å². The quantitative estimate of drug-likeness (QED) is 0.169. The van der Waals surface area contributed by atoms with Crippen LogP contribution in [0.5, 0.6) is 11.5 Å². The van der Waals surface area contributed by atoms with E-state index in [1.165, 1.54) is 30.2 Å². The lowest BCUT2D eigenvalue weighted by atomic mass is 9.81. The van der Waals surface area contributed by atoms with Gasteiger partial charge in [-0.15, -0.1) is 0 Å². The van der Waals surface area contributed by atoms with Crippen molar-refractivity contribution < 1.29 is 22.5 Å². The van der Waals surface area contributed by atoms with Crippen LogP contribution >= 0.6 is 0 Å². The number of halogens is 3. The van der Waals surface area contributed by atoms with Gasteiger partial charge in [0.15, 0.2) is 6.20 Å². The number of hydrogen-bond donors (Lipinski definition) is 0. The second kappa shape index (κ2) is 8.20. The number of aromatic nitrogens is 1. The van der Waals surface area contributed by atoms with E-state index in [0.29, 0.717) is 5.56 Å². The standard InChI is InChI=1S/C33H31F3NO/c1-18(2)26-23-13-8-7-12-22(23)19(3)27-30-29-24(14-15-37(30)6)28-20(16-25(29)38-31(26)27)10-9-11-21(28)17-32(4,5)33(34,35)36/h7-16,18H,17H2,1-6H3/q+1. The van der Waals surface area contributed by atoms with Gasteiger partial charge in [0.1, 0.15) is 18.5 Å². The second-order valence-corrected chi connectivity index (χ2v) is 11.6. The molecule has 5 aromatic rings. The molecule has 0 atom stereocenters. The average Bonchev–Trinajstić information content (AvgIpc) is 2.84. The Labute approximate surface area is 220 Å². The molecular weight excluding hydrogens is 483 g/mol. The number of hydrogen-bond acceptors (Lipinski definition) is 1. The molecule has 0 N–H and O–H groups in total. The highest BCUT2D eigenvalue weighted by atomic mass is 19.4. The minimum absolute atomic E-state index is 0.1000. The molecule has 2 heterocycles. The summed E-state index contributed by atoms with van der Waals surface area (Å²) in [6.45, 7) is 9.06. The Kier molecular flexibility index (Phi) is 5.33. The molecule has 1 aliphatic rings. The first-order valence-electron chi connectivity index (χ1n) is 13.1. The summed E-state index contributed by atoms with van der Waals surface area (Å²) in [7, 11) is 2.03. The molecule has 1 aromatic heterocycles. The zero-order chi connectivity index (χ0) is 27.1. The van der Waals surface area contributed by atoms with Gasteiger partial charge in [0.2, 0.25) is 5.69 Å². The molecule has 6 rings (SSSR count). The molecule has 0 bridgehead atoms. The lowest BCUT2D eigenvalue weighted by Gasteiger charge is -2.29. The van der Waals surface area contributed by atoms with Gasteiger partial charge in [-0.05, 0) is 58.0 Å². The van der Waals surface area contributed by atoms with E-state index in [9.17, 15) is 13.2 Å². The van der Waals surface area contributed by atoms with Crippen LogP contribution in [-0.4, -0.2) is 6.18 Å². The highest BCUT2D eigenvalue weighted by Crippen LogP contribution is 2.53. The molecule has 0 saturated carbocycles. The molecule has 1 aliphatic heterocycles. The molecule has 38 heavy (non-hydrogen) atoms. The number of benzene rings is 4. The summed E-state index contributed by atoms with van der Waals surface area (Å²) in [5.74, 6) is 1.85. The fraction of sp³-hybridized carbons (Fsp3) is 0.303. The average molecular weight is 515 g/mol. The molecule has 0 spiro atoms. The van der Waals surface area contributed by atoms with Crippen molar-refractivity contribution in [3.8, 4) is 22.8 Å². The van der Waals surface area contributed by atoms with E-state index in [0.717, 1.165) is 49.9 Å². The summed E-state index contributed by atoms with van der Waals surface area (Å²) in [5.41, 5.74) is 3.25. The van der Waals surface area contributed by atoms with Crippen molar-refractivity contribution in [3.05, 3.63) is 77.5 Å². The maximum absolute atomic E-state index is 13.9. The molecule has 194 valence electrons. The monoisotopic (exact) mass is 514 g/mol. The summed E-state index contributed by atoms with van der Waals surface area (Å²) in [4.78, 5) is 0. The van der Waals surface area contributed by atoms with E-state index in [4.69, 9.17) is 4.74 Å². The summed E-state index contributed by atoms with van der Waals surface area (Å²) in [6, 6.07) is 18.1. The van der Waals surface area contributed by atoms with Gasteiger partial charge in [-0.2, -0.15) is 13.2 Å². The fourth-order valence-electron chi connectivity index (χ4n) is 6.17. The number of alkyl halides is 3. The summed E-state index contributed by atoms with van der Waals surface area (Å²) in [5, 5.41) is 5.99. The largest absolute Gasteiger partial charge is 0.455 e. The molecule has 0 radical (unpaired) electrons. The Bertz CT molecular complexity index is 1780. The van der Waals surface area contributed by atoms with E-state index < -0.39 is 11.6 Å². The number of nitrogens with zero attached hydrogens (tertiary/aromatic N) is 1. The van der Waals surface area contributed by atoms with Crippen molar-refractivity contribution in [1.82, 2.24) is 0 Å². The summed E-state index contributed by atoms with van der Waals surface area (Å²) >= 11 is 0. The highest BCUT2D eigenvalue weighted by Gasteiger charge is 2.47. The zero-order valence-corrected chi connectivity index (χ0v) is 22.5. The van der Waals surface area contributed by atoms with Gasteiger partial charge in [-0.1, -0.05) is 70.2 Å². The van der Waals surface area contributed by atoms with Gasteiger partial charge >= 0.3 is 6.18 Å². The van der Waals surface area contributed by atoms with Crippen LogP contribution in [0.15, 0.2) is 60.8 Å². The van der Waals surface area contributed by atoms with Crippen LogP contribution in [0.3, 0.4) is 0 Å². The Morgan fingerprint density at radius 2 is 1.61 bits per heavy atom. The molecule has 0 saturated heterocycles. The van der Waals surface area contributed by atoms with Crippen LogP contribution in [0.4, 0.5) is 13.2 Å². The Balaban J connectivity index is 1.74. The fourth-order valence-corrected chi connectivity index (χ4v) is 6.17. The predicted octanol–water partition coefficient (Wildman–Crippen LogP) is 9.31. The topological polar surface area (TPSA) is 13.1 Å². The Morgan fingerprint density at radius 1 is 0.895 bits per heavy atom. The summed E-state index contributed by atoms with van der Waals surface area (Å²) < 4.78 is 50.6. The van der Waals surface area contributed by atoms with Crippen LogP contribution in [-0.2, 0) is 13.5 Å². The van der Waals surface area contributed by atoms with Crippen molar-refractivity contribution in [2.24, 2.45) is 12.5 Å². The van der Waals surface area contributed by atoms with Crippen molar-refractivity contribution in [2.45, 2.75) is 53.1 Å². The number of ether oxygens (including phenoxy) is 1. The molecule has 0 fully saturated rings. The molecule has 2 nitrogen and oxygen atoms in total. The van der Waals surface area contributed by atoms with Crippen LogP contribution in [0.25, 0.3) is 43.6 Å². The Hall–Kier alpha value is -3.60. The van der Waals surface area contributed by atoms with Gasteiger partial charge in [0.05, 0.1) is 16.4 Å². The highest BCUT2D eigenvalue weighted by molar-refractivity contribution is 6.17. The second-order valence-electron chi connectivity index (χ2n) is 11.6. The summed E-state index contributed by atoms with van der Waals surface area (Å²) in [6.07, 6.45) is -2.38. The third-order valence-corrected chi connectivity index (χ3v) is 8.20. The third-order valence-electron chi connectivity index (χ3n) is 8.20. The van der Waals surface area contributed by atoms with Crippen molar-refractivity contribution in [1.29, 1.82) is 0 Å². The Morgan fingerprint density at radius 3 is 2.29 bits per heavy atom. The van der Waals surface area contributed by atoms with Crippen LogP contribution in [0, 0.1) is 12.3 Å². The van der Waals surface area contributed by atoms with Crippen molar-refractivity contribution >= 4 is 32.3 Å². The van der Waals surface area contributed by atoms with E-state index in [1.807, 2.05) is 43.6 Å². The molecule has 4 aromatic carbocycles. The van der Waals surface area contributed by atoms with Gasteiger partial charge in [0.25, 0.3) is 0 Å². The van der Waals surface area contributed by atoms with Crippen LogP contribution in [0.2, 0.25) is 0 Å². The first-order valence-corrected chi connectivity index (χ1v) is 13.1. The van der Waals surface area contributed by atoms with Gasteiger partial charge in [-0.3, -0.25) is 0 Å². The molecular formula is C33H31F3NO+. The molecule has 0 unspecified atom stereocenters. The van der Waals surface area contributed by atoms with E-state index in [2.05, 4.69) is 49.6 Å². The first kappa shape index (κ1) is 24.7. The van der Waals surface area contributed by atoms with Gasteiger partial charge in [0, 0.05) is 17.0 Å². The smallest absolute Gasteiger partial charge is 0.394 e. The van der Waals surface area contributed by atoms with Crippen molar-refractivity contribution in [2.75, 3.05) is 0 Å².